The molecule has 0 heterocycles. The lowest BCUT2D eigenvalue weighted by Gasteiger charge is -2.14. The van der Waals surface area contributed by atoms with Gasteiger partial charge in [-0.1, -0.05) is 17.7 Å². The van der Waals surface area contributed by atoms with Gasteiger partial charge in [0.1, 0.15) is 5.75 Å². The van der Waals surface area contributed by atoms with Gasteiger partial charge >= 0.3 is 0 Å². The predicted molar refractivity (Wildman–Crippen MR) is 102 cm³/mol. The smallest absolute Gasteiger partial charge is 0.262 e. The molecule has 0 saturated heterocycles. The zero-order valence-electron chi connectivity index (χ0n) is 15.0. The van der Waals surface area contributed by atoms with Crippen LogP contribution in [0.3, 0.4) is 0 Å². The average molecular weight is 397 g/mol. The zero-order chi connectivity index (χ0) is 19.5. The Balaban J connectivity index is 2.05. The van der Waals surface area contributed by atoms with Gasteiger partial charge < -0.3 is 10.1 Å². The number of halogens is 1. The molecule has 0 radical (unpaired) electrons. The van der Waals surface area contributed by atoms with Crippen molar-refractivity contribution < 1.29 is 17.9 Å². The molecule has 8 heteroatoms. The SMILES string of the molecule is Cc1ccc(Cl)cc1NC(=O)COc1ccc(S(=O)(=O)N(C)C)cc1C. The van der Waals surface area contributed by atoms with Crippen molar-refractivity contribution in [1.29, 1.82) is 0 Å². The van der Waals surface area contributed by atoms with Crippen LogP contribution in [-0.2, 0) is 14.8 Å². The third kappa shape index (κ3) is 4.75. The van der Waals surface area contributed by atoms with Crippen LogP contribution in [0.15, 0.2) is 41.3 Å². The summed E-state index contributed by atoms with van der Waals surface area (Å²) < 4.78 is 30.9. The van der Waals surface area contributed by atoms with Gasteiger partial charge in [-0.25, -0.2) is 12.7 Å². The van der Waals surface area contributed by atoms with E-state index in [-0.39, 0.29) is 17.4 Å². The highest BCUT2D eigenvalue weighted by atomic mass is 35.5. The van der Waals surface area contributed by atoms with Gasteiger partial charge in [-0.3, -0.25) is 4.79 Å². The van der Waals surface area contributed by atoms with Crippen LogP contribution in [0.4, 0.5) is 5.69 Å². The maximum atomic E-state index is 12.1. The minimum atomic E-state index is -3.51. The highest BCUT2D eigenvalue weighted by Gasteiger charge is 2.18. The first kappa shape index (κ1) is 20.2. The Morgan fingerprint density at radius 3 is 2.42 bits per heavy atom. The second-order valence-corrected chi connectivity index (χ2v) is 8.60. The molecule has 26 heavy (non-hydrogen) atoms. The largest absolute Gasteiger partial charge is 0.483 e. The molecule has 0 unspecified atom stereocenters. The Morgan fingerprint density at radius 1 is 1.12 bits per heavy atom. The monoisotopic (exact) mass is 396 g/mol. The van der Waals surface area contributed by atoms with Gasteiger partial charge in [-0.05, 0) is 55.3 Å². The summed E-state index contributed by atoms with van der Waals surface area (Å²) in [5.41, 5.74) is 2.13. The molecule has 1 amide bonds. The van der Waals surface area contributed by atoms with E-state index in [9.17, 15) is 13.2 Å². The summed E-state index contributed by atoms with van der Waals surface area (Å²) in [6.45, 7) is 3.39. The lowest BCUT2D eigenvalue weighted by atomic mass is 10.2. The van der Waals surface area contributed by atoms with Gasteiger partial charge in [-0.2, -0.15) is 0 Å². The van der Waals surface area contributed by atoms with Gasteiger partial charge in [0, 0.05) is 24.8 Å². The maximum Gasteiger partial charge on any atom is 0.262 e. The molecule has 0 saturated carbocycles. The van der Waals surface area contributed by atoms with Crippen molar-refractivity contribution in [2.45, 2.75) is 18.7 Å². The Hall–Kier alpha value is -2.09. The molecule has 2 aromatic carbocycles. The van der Waals surface area contributed by atoms with Crippen LogP contribution in [0.2, 0.25) is 5.02 Å². The number of anilines is 1. The van der Waals surface area contributed by atoms with Crippen molar-refractivity contribution in [2.24, 2.45) is 0 Å². The van der Waals surface area contributed by atoms with E-state index in [4.69, 9.17) is 16.3 Å². The number of sulfonamides is 1. The van der Waals surface area contributed by atoms with Crippen molar-refractivity contribution in [2.75, 3.05) is 26.0 Å². The van der Waals surface area contributed by atoms with Crippen molar-refractivity contribution in [3.63, 3.8) is 0 Å². The first-order chi connectivity index (χ1) is 12.1. The van der Waals surface area contributed by atoms with Crippen LogP contribution in [0.1, 0.15) is 11.1 Å². The second kappa shape index (κ2) is 8.07. The third-order valence-electron chi connectivity index (χ3n) is 3.76. The molecule has 0 bridgehead atoms. The molecular weight excluding hydrogens is 376 g/mol. The quantitative estimate of drug-likeness (QED) is 0.813. The van der Waals surface area contributed by atoms with Crippen LogP contribution in [0.5, 0.6) is 5.75 Å². The third-order valence-corrected chi connectivity index (χ3v) is 5.80. The van der Waals surface area contributed by atoms with Gasteiger partial charge in [0.25, 0.3) is 5.91 Å². The Kier molecular flexibility index (Phi) is 6.28. The zero-order valence-corrected chi connectivity index (χ0v) is 16.6. The van der Waals surface area contributed by atoms with Crippen LogP contribution in [0, 0.1) is 13.8 Å². The van der Waals surface area contributed by atoms with E-state index in [2.05, 4.69) is 5.32 Å². The number of aryl methyl sites for hydroxylation is 2. The molecular formula is C18H21ClN2O4S. The average Bonchev–Trinajstić information content (AvgIpc) is 2.56. The number of benzene rings is 2. The molecule has 0 fully saturated rings. The van der Waals surface area contributed by atoms with Gasteiger partial charge in [0.2, 0.25) is 10.0 Å². The van der Waals surface area contributed by atoms with Crippen LogP contribution in [-0.4, -0.2) is 39.3 Å². The summed E-state index contributed by atoms with van der Waals surface area (Å²) in [5, 5.41) is 3.27. The first-order valence-electron chi connectivity index (χ1n) is 7.83. The van der Waals surface area contributed by atoms with Gasteiger partial charge in [0.05, 0.1) is 4.90 Å². The molecule has 0 aromatic heterocycles. The molecule has 1 N–H and O–H groups in total. The number of carbonyl (C=O) groups is 1. The Bertz CT molecular complexity index is 927. The second-order valence-electron chi connectivity index (χ2n) is 6.01. The fourth-order valence-electron chi connectivity index (χ4n) is 2.21. The minimum Gasteiger partial charge on any atom is -0.483 e. The summed E-state index contributed by atoms with van der Waals surface area (Å²) in [6, 6.07) is 9.74. The molecule has 6 nitrogen and oxygen atoms in total. The van der Waals surface area contributed by atoms with Crippen LogP contribution >= 0.6 is 11.6 Å². The fourth-order valence-corrected chi connectivity index (χ4v) is 3.37. The number of carbonyl (C=O) groups excluding carboxylic acids is 1. The van der Waals surface area contributed by atoms with E-state index in [1.54, 1.807) is 25.1 Å². The summed E-state index contributed by atoms with van der Waals surface area (Å²) >= 11 is 5.93. The maximum absolute atomic E-state index is 12.1. The van der Waals surface area contributed by atoms with Crippen molar-refractivity contribution in [3.8, 4) is 5.75 Å². The van der Waals surface area contributed by atoms with Gasteiger partial charge in [-0.15, -0.1) is 0 Å². The summed E-state index contributed by atoms with van der Waals surface area (Å²) in [5.74, 6) is 0.112. The summed E-state index contributed by atoms with van der Waals surface area (Å²) in [7, 11) is -0.572. The van der Waals surface area contributed by atoms with E-state index in [1.165, 1.54) is 26.2 Å². The lowest BCUT2D eigenvalue weighted by molar-refractivity contribution is -0.118. The Morgan fingerprint density at radius 2 is 1.81 bits per heavy atom. The molecule has 0 aliphatic heterocycles. The highest BCUT2D eigenvalue weighted by molar-refractivity contribution is 7.89. The molecule has 140 valence electrons. The summed E-state index contributed by atoms with van der Waals surface area (Å²) in [6.07, 6.45) is 0. The van der Waals surface area contributed by atoms with E-state index in [0.29, 0.717) is 22.0 Å². The molecule has 2 aromatic rings. The van der Waals surface area contributed by atoms with E-state index in [0.717, 1.165) is 9.87 Å². The summed E-state index contributed by atoms with van der Waals surface area (Å²) in [4.78, 5) is 12.3. The van der Waals surface area contributed by atoms with Crippen molar-refractivity contribution in [1.82, 2.24) is 4.31 Å². The van der Waals surface area contributed by atoms with Crippen molar-refractivity contribution >= 4 is 33.2 Å². The number of rotatable bonds is 6. The standard InChI is InChI=1S/C18H21ClN2O4S/c1-12-5-6-14(19)10-16(12)20-18(22)11-25-17-8-7-15(9-13(17)2)26(23,24)21(3)4/h5-10H,11H2,1-4H3,(H,20,22). The van der Waals surface area contributed by atoms with Crippen LogP contribution in [0.25, 0.3) is 0 Å². The minimum absolute atomic E-state index is 0.173. The van der Waals surface area contributed by atoms with Crippen molar-refractivity contribution in [3.05, 3.63) is 52.5 Å². The first-order valence-corrected chi connectivity index (χ1v) is 9.65. The molecule has 0 spiro atoms. The molecule has 0 aliphatic carbocycles. The van der Waals surface area contributed by atoms with Crippen LogP contribution < -0.4 is 10.1 Å². The van der Waals surface area contributed by atoms with Gasteiger partial charge in [0.15, 0.2) is 6.61 Å². The fraction of sp³-hybridized carbons (Fsp3) is 0.278. The normalized spacial score (nSPS) is 11.5. The van der Waals surface area contributed by atoms with E-state index in [1.807, 2.05) is 13.0 Å². The topological polar surface area (TPSA) is 75.7 Å². The lowest BCUT2D eigenvalue weighted by Crippen LogP contribution is -2.22. The molecule has 0 atom stereocenters. The predicted octanol–water partition coefficient (Wildman–Crippen LogP) is 3.22. The number of ether oxygens (including phenoxy) is 1. The number of nitrogens with one attached hydrogen (secondary N) is 1. The Labute approximate surface area is 158 Å². The van der Waals surface area contributed by atoms with E-state index >= 15 is 0 Å². The molecule has 0 aliphatic rings. The number of hydrogen-bond donors (Lipinski definition) is 1. The molecule has 2 rings (SSSR count). The highest BCUT2D eigenvalue weighted by Crippen LogP contribution is 2.24. The number of nitrogens with zero attached hydrogens (tertiary/aromatic N) is 1. The number of amides is 1. The van der Waals surface area contributed by atoms with E-state index < -0.39 is 10.0 Å². The number of hydrogen-bond acceptors (Lipinski definition) is 4.